The van der Waals surface area contributed by atoms with Crippen molar-refractivity contribution in [2.24, 2.45) is 10.4 Å². The topological polar surface area (TPSA) is 41.9 Å². The number of para-hydroxylation sites is 1. The molecule has 2 saturated heterocycles. The number of carbonyl (C=O) groups excluding carboxylic acids is 1. The number of fused-ring (bicyclic) bond motifs is 1. The number of hydrogen-bond donors (Lipinski definition) is 0. The molecule has 0 aromatic heterocycles. The summed E-state index contributed by atoms with van der Waals surface area (Å²) in [6.07, 6.45) is 5.28. The Morgan fingerprint density at radius 2 is 2.15 bits per heavy atom. The molecule has 0 N–H and O–H groups in total. The molecule has 1 aromatic carbocycles. The van der Waals surface area contributed by atoms with E-state index in [-0.39, 0.29) is 16.8 Å². The van der Waals surface area contributed by atoms with Gasteiger partial charge in [-0.2, -0.15) is 0 Å². The van der Waals surface area contributed by atoms with Crippen molar-refractivity contribution in [1.29, 1.82) is 0 Å². The monoisotopic (exact) mass is 416 g/mol. The van der Waals surface area contributed by atoms with Gasteiger partial charge in [0.2, 0.25) is 0 Å². The quantitative estimate of drug-likeness (QED) is 0.540. The summed E-state index contributed by atoms with van der Waals surface area (Å²) in [6.45, 7) is 4.55. The van der Waals surface area contributed by atoms with Crippen LogP contribution in [0.3, 0.4) is 0 Å². The molecule has 26 heavy (non-hydrogen) atoms. The highest BCUT2D eigenvalue weighted by molar-refractivity contribution is 9.10. The van der Waals surface area contributed by atoms with Crippen molar-refractivity contribution in [3.05, 3.63) is 29.8 Å². The van der Waals surface area contributed by atoms with E-state index < -0.39 is 4.32 Å². The van der Waals surface area contributed by atoms with Gasteiger partial charge in [0.15, 0.2) is 4.32 Å². The second-order valence-corrected chi connectivity index (χ2v) is 9.78. The Morgan fingerprint density at radius 1 is 1.35 bits per heavy atom. The van der Waals surface area contributed by atoms with Crippen LogP contribution in [0.2, 0.25) is 0 Å². The van der Waals surface area contributed by atoms with Crippen LogP contribution in [0, 0.1) is 5.41 Å². The van der Waals surface area contributed by atoms with Gasteiger partial charge in [0.1, 0.15) is 0 Å². The van der Waals surface area contributed by atoms with E-state index in [1.165, 1.54) is 25.5 Å². The van der Waals surface area contributed by atoms with Crippen molar-refractivity contribution in [2.75, 3.05) is 20.2 Å². The largest absolute Gasteiger partial charge is 0.468 e. The van der Waals surface area contributed by atoms with Crippen molar-refractivity contribution in [3.8, 4) is 0 Å². The van der Waals surface area contributed by atoms with Gasteiger partial charge >= 0.3 is 5.97 Å². The number of carbonyl (C=O) groups is 1. The van der Waals surface area contributed by atoms with E-state index in [0.29, 0.717) is 6.04 Å². The Kier molecular flexibility index (Phi) is 3.53. The Labute approximate surface area is 163 Å². The molecule has 1 spiro atoms. The number of piperidine rings is 1. The van der Waals surface area contributed by atoms with Crippen LogP contribution >= 0.6 is 15.9 Å². The predicted molar refractivity (Wildman–Crippen MR) is 105 cm³/mol. The molecular formula is C21H25BrN2O2. The standard InChI is InChI=1S/C21H25BrN2O2/c1-3-19-9-6-11-24-12-10-20(17(19)24)14-7-4-5-8-15(14)23-16(20)21(22,13-19)18(25)26-2/h4-5,7-8,17H,3,6,9-13H2,1-2H3/t17-,19-,20-,21?/m1/s1. The molecule has 1 unspecified atom stereocenters. The van der Waals surface area contributed by atoms with Crippen LogP contribution in [0.15, 0.2) is 29.3 Å². The van der Waals surface area contributed by atoms with Gasteiger partial charge < -0.3 is 4.74 Å². The van der Waals surface area contributed by atoms with E-state index in [4.69, 9.17) is 9.73 Å². The maximum Gasteiger partial charge on any atom is 0.328 e. The minimum atomic E-state index is -0.819. The number of benzene rings is 1. The van der Waals surface area contributed by atoms with Crippen LogP contribution in [0.5, 0.6) is 0 Å². The Hall–Kier alpha value is -1.20. The number of halogens is 1. The summed E-state index contributed by atoms with van der Waals surface area (Å²) in [6, 6.07) is 8.94. The molecule has 4 nitrogen and oxygen atoms in total. The summed E-state index contributed by atoms with van der Waals surface area (Å²) in [5.41, 5.74) is 3.30. The lowest BCUT2D eigenvalue weighted by molar-refractivity contribution is -0.144. The molecule has 1 aliphatic carbocycles. The minimum absolute atomic E-state index is 0.114. The zero-order valence-corrected chi connectivity index (χ0v) is 17.0. The number of aliphatic imine (C=N–C) groups is 1. The average Bonchev–Trinajstić information content (AvgIpc) is 3.23. The fraction of sp³-hybridized carbons (Fsp3) is 0.619. The highest BCUT2D eigenvalue weighted by Gasteiger charge is 2.72. The SMILES string of the molecule is CC[C@@]12CCCN3CC[C@@]4(C(=Nc5ccccc54)C(Br)(C(=O)OC)C1)[C@H]32. The molecule has 5 rings (SSSR count). The van der Waals surface area contributed by atoms with Crippen LogP contribution in [-0.2, 0) is 14.9 Å². The first kappa shape index (κ1) is 16.9. The molecule has 3 aliphatic heterocycles. The summed E-state index contributed by atoms with van der Waals surface area (Å²) in [5.74, 6) is -0.196. The number of ether oxygens (including phenoxy) is 1. The summed E-state index contributed by atoms with van der Waals surface area (Å²) < 4.78 is 4.47. The summed E-state index contributed by atoms with van der Waals surface area (Å²) in [7, 11) is 1.49. The lowest BCUT2D eigenvalue weighted by atomic mass is 9.50. The van der Waals surface area contributed by atoms with Crippen LogP contribution < -0.4 is 0 Å². The zero-order chi connectivity index (χ0) is 18.2. The number of alkyl halides is 1. The number of rotatable bonds is 2. The molecule has 0 radical (unpaired) electrons. The smallest absolute Gasteiger partial charge is 0.328 e. The van der Waals surface area contributed by atoms with Gasteiger partial charge in [0.25, 0.3) is 0 Å². The molecule has 4 atom stereocenters. The first-order valence-electron chi connectivity index (χ1n) is 9.72. The third-order valence-electron chi connectivity index (χ3n) is 7.55. The van der Waals surface area contributed by atoms with Crippen molar-refractivity contribution in [1.82, 2.24) is 4.90 Å². The number of esters is 1. The molecule has 3 heterocycles. The van der Waals surface area contributed by atoms with E-state index in [0.717, 1.165) is 43.8 Å². The van der Waals surface area contributed by atoms with Gasteiger partial charge in [-0.25, -0.2) is 0 Å². The molecule has 3 fully saturated rings. The van der Waals surface area contributed by atoms with Gasteiger partial charge in [-0.15, -0.1) is 0 Å². The fourth-order valence-electron chi connectivity index (χ4n) is 6.67. The Bertz CT molecular complexity index is 824. The van der Waals surface area contributed by atoms with Crippen LogP contribution in [-0.4, -0.2) is 47.1 Å². The van der Waals surface area contributed by atoms with Crippen molar-refractivity contribution in [2.45, 2.75) is 54.8 Å². The molecule has 1 aromatic rings. The molecule has 5 heteroatoms. The first-order valence-corrected chi connectivity index (χ1v) is 10.5. The fourth-order valence-corrected chi connectivity index (χ4v) is 7.83. The van der Waals surface area contributed by atoms with Gasteiger partial charge in [-0.3, -0.25) is 14.7 Å². The molecule has 0 bridgehead atoms. The lowest BCUT2D eigenvalue weighted by Crippen LogP contribution is -2.69. The zero-order valence-electron chi connectivity index (χ0n) is 15.4. The maximum atomic E-state index is 13.0. The van der Waals surface area contributed by atoms with Gasteiger partial charge in [-0.05, 0) is 62.2 Å². The third-order valence-corrected chi connectivity index (χ3v) is 8.53. The van der Waals surface area contributed by atoms with Crippen LogP contribution in [0.4, 0.5) is 5.69 Å². The van der Waals surface area contributed by atoms with E-state index in [1.54, 1.807) is 0 Å². The van der Waals surface area contributed by atoms with Gasteiger partial charge in [0.05, 0.1) is 23.9 Å². The summed E-state index contributed by atoms with van der Waals surface area (Å²) in [4.78, 5) is 20.8. The van der Waals surface area contributed by atoms with Crippen molar-refractivity contribution < 1.29 is 9.53 Å². The van der Waals surface area contributed by atoms with E-state index in [1.807, 2.05) is 6.07 Å². The Morgan fingerprint density at radius 3 is 2.92 bits per heavy atom. The van der Waals surface area contributed by atoms with Crippen molar-refractivity contribution in [3.63, 3.8) is 0 Å². The predicted octanol–water partition coefficient (Wildman–Crippen LogP) is 3.99. The van der Waals surface area contributed by atoms with Crippen LogP contribution in [0.25, 0.3) is 0 Å². The van der Waals surface area contributed by atoms with Crippen molar-refractivity contribution >= 4 is 33.3 Å². The minimum Gasteiger partial charge on any atom is -0.468 e. The van der Waals surface area contributed by atoms with E-state index >= 15 is 0 Å². The number of nitrogens with zero attached hydrogens (tertiary/aromatic N) is 2. The average molecular weight is 417 g/mol. The summed E-state index contributed by atoms with van der Waals surface area (Å²) >= 11 is 3.90. The molecule has 0 amide bonds. The highest BCUT2D eigenvalue weighted by atomic mass is 79.9. The lowest BCUT2D eigenvalue weighted by Gasteiger charge is -2.59. The molecule has 138 valence electrons. The Balaban J connectivity index is 1.81. The van der Waals surface area contributed by atoms with Gasteiger partial charge in [-0.1, -0.05) is 41.1 Å². The number of hydrogen-bond acceptors (Lipinski definition) is 4. The summed E-state index contributed by atoms with van der Waals surface area (Å²) in [5, 5.41) is 0. The second kappa shape index (κ2) is 5.41. The molecular weight excluding hydrogens is 392 g/mol. The first-order chi connectivity index (χ1) is 12.5. The maximum absolute atomic E-state index is 13.0. The van der Waals surface area contributed by atoms with E-state index in [9.17, 15) is 4.79 Å². The third kappa shape index (κ3) is 1.79. The van der Waals surface area contributed by atoms with Crippen LogP contribution in [0.1, 0.15) is 44.6 Å². The molecule has 1 saturated carbocycles. The highest BCUT2D eigenvalue weighted by Crippen LogP contribution is 2.66. The molecule has 4 aliphatic rings. The van der Waals surface area contributed by atoms with Gasteiger partial charge in [0, 0.05) is 6.04 Å². The van der Waals surface area contributed by atoms with E-state index in [2.05, 4.69) is 46.0 Å². The number of methoxy groups -OCH3 is 1. The normalized spacial score (nSPS) is 40.4. The second-order valence-electron chi connectivity index (χ2n) is 8.43.